The number of hydrogen-bond acceptors (Lipinski definition) is 3. The Kier molecular flexibility index (Phi) is 3.80. The second-order valence-corrected chi connectivity index (χ2v) is 7.33. The van der Waals surface area contributed by atoms with Crippen LogP contribution in [0.5, 0.6) is 0 Å². The molecule has 1 saturated carbocycles. The smallest absolute Gasteiger partial charge is 0.207 e. The van der Waals surface area contributed by atoms with Gasteiger partial charge >= 0.3 is 0 Å². The Morgan fingerprint density at radius 3 is 2.37 bits per heavy atom. The molecule has 1 aromatic carbocycles. The van der Waals surface area contributed by atoms with Gasteiger partial charge in [-0.25, -0.2) is 8.42 Å². The number of benzene rings is 1. The van der Waals surface area contributed by atoms with Gasteiger partial charge in [0.15, 0.2) is 0 Å². The zero-order valence-corrected chi connectivity index (χ0v) is 12.6. The summed E-state index contributed by atoms with van der Waals surface area (Å²) in [4.78, 5) is 0.0472. The molecule has 1 fully saturated rings. The van der Waals surface area contributed by atoms with E-state index in [2.05, 4.69) is 6.07 Å². The Bertz CT molecular complexity index is 648. The lowest BCUT2D eigenvalue weighted by molar-refractivity contribution is 0.171. The quantitative estimate of drug-likeness (QED) is 0.860. The average molecular weight is 319 g/mol. The molecule has 102 valence electrons. The largest absolute Gasteiger partial charge is 0.244 e. The fourth-order valence-corrected chi connectivity index (χ4v) is 3.90. The molecule has 0 unspecified atom stereocenters. The molecule has 1 aliphatic carbocycles. The second-order valence-electron chi connectivity index (χ2n) is 4.55. The van der Waals surface area contributed by atoms with Crippen LogP contribution in [0, 0.1) is 11.3 Å². The summed E-state index contributed by atoms with van der Waals surface area (Å²) >= 11 is 11.6. The van der Waals surface area contributed by atoms with Gasteiger partial charge in [-0.3, -0.25) is 0 Å². The molecule has 0 heterocycles. The van der Waals surface area contributed by atoms with Crippen molar-refractivity contribution in [2.24, 2.45) is 0 Å². The highest BCUT2D eigenvalue weighted by molar-refractivity contribution is 7.89. The summed E-state index contributed by atoms with van der Waals surface area (Å²) in [6.45, 7) is 0. The van der Waals surface area contributed by atoms with Crippen LogP contribution in [-0.4, -0.2) is 25.3 Å². The first-order valence-electron chi connectivity index (χ1n) is 5.69. The van der Waals surface area contributed by atoms with Gasteiger partial charge in [0.1, 0.15) is 5.54 Å². The maximum absolute atomic E-state index is 12.5. The summed E-state index contributed by atoms with van der Waals surface area (Å²) in [7, 11) is -2.31. The third-order valence-electron chi connectivity index (χ3n) is 3.54. The number of nitriles is 1. The fraction of sp³-hybridized carbons (Fsp3) is 0.417. The molecule has 0 aromatic heterocycles. The van der Waals surface area contributed by atoms with Gasteiger partial charge in [0.25, 0.3) is 0 Å². The van der Waals surface area contributed by atoms with E-state index in [1.807, 2.05) is 0 Å². The van der Waals surface area contributed by atoms with Crippen molar-refractivity contribution < 1.29 is 8.42 Å². The monoisotopic (exact) mass is 318 g/mol. The minimum absolute atomic E-state index is 0.0472. The van der Waals surface area contributed by atoms with E-state index < -0.39 is 15.6 Å². The standard InChI is InChI=1S/C12H12Cl2N2O2S/c1-16(12(8-15)5-2-6-12)19(17,18)9-3-4-10(13)11(14)7-9/h3-4,7H,2,5-6H2,1H3. The molecule has 1 aromatic rings. The van der Waals surface area contributed by atoms with Crippen LogP contribution in [0.15, 0.2) is 23.1 Å². The number of halogens is 2. The minimum Gasteiger partial charge on any atom is -0.207 e. The molecule has 19 heavy (non-hydrogen) atoms. The average Bonchev–Trinajstić information content (AvgIpc) is 2.31. The molecule has 0 N–H and O–H groups in total. The van der Waals surface area contributed by atoms with Crippen molar-refractivity contribution >= 4 is 33.2 Å². The molecule has 0 aliphatic heterocycles. The van der Waals surface area contributed by atoms with Crippen LogP contribution in [0.25, 0.3) is 0 Å². The van der Waals surface area contributed by atoms with E-state index in [1.54, 1.807) is 0 Å². The molecule has 2 rings (SSSR count). The van der Waals surface area contributed by atoms with E-state index in [1.165, 1.54) is 25.2 Å². The van der Waals surface area contributed by atoms with Crippen LogP contribution >= 0.6 is 23.2 Å². The maximum Gasteiger partial charge on any atom is 0.244 e. The molecule has 4 nitrogen and oxygen atoms in total. The number of sulfonamides is 1. The molecule has 0 spiro atoms. The Morgan fingerprint density at radius 1 is 1.32 bits per heavy atom. The third-order valence-corrected chi connectivity index (χ3v) is 6.20. The van der Waals surface area contributed by atoms with Gasteiger partial charge < -0.3 is 0 Å². The fourth-order valence-electron chi connectivity index (χ4n) is 2.03. The second kappa shape index (κ2) is 4.95. The van der Waals surface area contributed by atoms with Crippen LogP contribution < -0.4 is 0 Å². The lowest BCUT2D eigenvalue weighted by Gasteiger charge is -2.41. The van der Waals surface area contributed by atoms with Crippen molar-refractivity contribution in [1.29, 1.82) is 5.26 Å². The Labute approximate surface area is 122 Å². The number of nitrogens with zero attached hydrogens (tertiary/aromatic N) is 2. The van der Waals surface area contributed by atoms with E-state index in [4.69, 9.17) is 23.2 Å². The van der Waals surface area contributed by atoms with Crippen molar-refractivity contribution in [2.45, 2.75) is 29.7 Å². The normalized spacial score (nSPS) is 17.8. The van der Waals surface area contributed by atoms with Crippen LogP contribution in [0.3, 0.4) is 0 Å². The minimum atomic E-state index is -3.74. The van der Waals surface area contributed by atoms with Gasteiger partial charge in [0, 0.05) is 7.05 Å². The molecule has 0 radical (unpaired) electrons. The number of rotatable bonds is 3. The van der Waals surface area contributed by atoms with Crippen LogP contribution in [-0.2, 0) is 10.0 Å². The van der Waals surface area contributed by atoms with Gasteiger partial charge in [-0.15, -0.1) is 0 Å². The predicted octanol–water partition coefficient (Wildman–Crippen LogP) is 3.06. The van der Waals surface area contributed by atoms with Gasteiger partial charge in [0.2, 0.25) is 10.0 Å². The Hall–Kier alpha value is -0.800. The lowest BCUT2D eigenvalue weighted by atomic mass is 9.78. The SMILES string of the molecule is CN(C1(C#N)CCC1)S(=O)(=O)c1ccc(Cl)c(Cl)c1. The summed E-state index contributed by atoms with van der Waals surface area (Å²) in [5, 5.41) is 9.68. The zero-order valence-electron chi connectivity index (χ0n) is 10.2. The summed E-state index contributed by atoms with van der Waals surface area (Å²) in [5.41, 5.74) is -0.926. The van der Waals surface area contributed by atoms with Crippen LogP contribution in [0.1, 0.15) is 19.3 Å². The van der Waals surface area contributed by atoms with Crippen molar-refractivity contribution in [3.05, 3.63) is 28.2 Å². The van der Waals surface area contributed by atoms with Gasteiger partial charge in [-0.2, -0.15) is 9.57 Å². The highest BCUT2D eigenvalue weighted by atomic mass is 35.5. The highest BCUT2D eigenvalue weighted by Crippen LogP contribution is 2.39. The molecule has 0 saturated heterocycles. The van der Waals surface area contributed by atoms with E-state index in [0.717, 1.165) is 10.7 Å². The van der Waals surface area contributed by atoms with E-state index in [9.17, 15) is 13.7 Å². The van der Waals surface area contributed by atoms with Gasteiger partial charge in [-0.05, 0) is 37.5 Å². The van der Waals surface area contributed by atoms with Crippen molar-refractivity contribution in [3.63, 3.8) is 0 Å². The summed E-state index contributed by atoms with van der Waals surface area (Å²) in [5.74, 6) is 0. The van der Waals surface area contributed by atoms with Crippen LogP contribution in [0.4, 0.5) is 0 Å². The molecule has 7 heteroatoms. The van der Waals surface area contributed by atoms with E-state index >= 15 is 0 Å². The highest BCUT2D eigenvalue weighted by Gasteiger charge is 2.46. The molecule has 0 bridgehead atoms. The first-order chi connectivity index (χ1) is 8.83. The first kappa shape index (κ1) is 14.6. The maximum atomic E-state index is 12.5. The summed E-state index contributed by atoms with van der Waals surface area (Å²) in [6, 6.07) is 6.24. The first-order valence-corrected chi connectivity index (χ1v) is 7.88. The molecule has 1 aliphatic rings. The summed E-state index contributed by atoms with van der Waals surface area (Å²) in [6.07, 6.45) is 1.97. The molecular formula is C12H12Cl2N2O2S. The molecule has 0 amide bonds. The van der Waals surface area contributed by atoms with Crippen molar-refractivity contribution in [1.82, 2.24) is 4.31 Å². The van der Waals surface area contributed by atoms with E-state index in [-0.39, 0.29) is 9.92 Å². The van der Waals surface area contributed by atoms with Crippen LogP contribution in [0.2, 0.25) is 10.0 Å². The Balaban J connectivity index is 2.42. The van der Waals surface area contributed by atoms with Crippen molar-refractivity contribution in [2.75, 3.05) is 7.05 Å². The topological polar surface area (TPSA) is 61.2 Å². The number of hydrogen-bond donors (Lipinski definition) is 0. The zero-order chi connectivity index (χ0) is 14.3. The lowest BCUT2D eigenvalue weighted by Crippen LogP contribution is -2.53. The summed E-state index contributed by atoms with van der Waals surface area (Å²) < 4.78 is 26.1. The van der Waals surface area contributed by atoms with Gasteiger partial charge in [-0.1, -0.05) is 23.2 Å². The Morgan fingerprint density at radius 2 is 1.95 bits per heavy atom. The van der Waals surface area contributed by atoms with E-state index in [0.29, 0.717) is 17.9 Å². The molecule has 0 atom stereocenters. The molecular weight excluding hydrogens is 307 g/mol. The predicted molar refractivity (Wildman–Crippen MR) is 73.6 cm³/mol. The van der Waals surface area contributed by atoms with Gasteiger partial charge in [0.05, 0.1) is 21.0 Å². The third kappa shape index (κ3) is 2.34. The van der Waals surface area contributed by atoms with Crippen molar-refractivity contribution in [3.8, 4) is 6.07 Å².